The molecule has 34 heavy (non-hydrogen) atoms. The molecule has 0 saturated carbocycles. The molecule has 0 heterocycles. The van der Waals surface area contributed by atoms with Crippen LogP contribution >= 0.6 is 11.8 Å². The van der Waals surface area contributed by atoms with Crippen LogP contribution in [0.3, 0.4) is 0 Å². The maximum atomic E-state index is 12.9. The Kier molecular flexibility index (Phi) is 12.9. The second kappa shape index (κ2) is 15.1. The average Bonchev–Trinajstić information content (AvgIpc) is 2.77. The second-order valence-electron chi connectivity index (χ2n) is 8.38. The first-order valence-corrected chi connectivity index (χ1v) is 12.3. The van der Waals surface area contributed by atoms with Gasteiger partial charge in [0, 0.05) is 6.54 Å². The first-order valence-electron chi connectivity index (χ1n) is 10.9. The van der Waals surface area contributed by atoms with Crippen LogP contribution in [0.15, 0.2) is 30.3 Å². The van der Waals surface area contributed by atoms with Crippen molar-refractivity contribution in [2.24, 2.45) is 0 Å². The minimum atomic E-state index is -1.24. The number of aliphatic hydroxyl groups is 1. The Labute approximate surface area is 205 Å². The summed E-state index contributed by atoms with van der Waals surface area (Å²) in [6, 6.07) is 7.35. The SMILES string of the molecule is CC#CC(O)C(CNC(=O)OCc1ccccc1)NC(=O)[C@H](CCSC)NC(=O)OC(C)(C)C. The number of rotatable bonds is 11. The van der Waals surface area contributed by atoms with Crippen molar-refractivity contribution < 1.29 is 29.0 Å². The van der Waals surface area contributed by atoms with Gasteiger partial charge in [0.25, 0.3) is 0 Å². The van der Waals surface area contributed by atoms with E-state index in [1.54, 1.807) is 27.7 Å². The van der Waals surface area contributed by atoms with Crippen LogP contribution in [0.25, 0.3) is 0 Å². The zero-order valence-electron chi connectivity index (χ0n) is 20.3. The van der Waals surface area contributed by atoms with Gasteiger partial charge in [0.1, 0.15) is 24.4 Å². The van der Waals surface area contributed by atoms with Gasteiger partial charge in [0.15, 0.2) is 0 Å². The molecule has 0 aromatic heterocycles. The van der Waals surface area contributed by atoms with E-state index in [0.717, 1.165) is 5.56 Å². The molecule has 0 aliphatic heterocycles. The van der Waals surface area contributed by atoms with Crippen LogP contribution in [0.4, 0.5) is 9.59 Å². The minimum absolute atomic E-state index is 0.0809. The molecule has 0 saturated heterocycles. The quantitative estimate of drug-likeness (QED) is 0.349. The van der Waals surface area contributed by atoms with Crippen LogP contribution in [-0.4, -0.2) is 65.5 Å². The van der Waals surface area contributed by atoms with Gasteiger partial charge in [0.2, 0.25) is 5.91 Å². The molecule has 1 aromatic rings. The number of benzene rings is 1. The zero-order chi connectivity index (χ0) is 25.6. The van der Waals surface area contributed by atoms with Crippen LogP contribution in [-0.2, 0) is 20.9 Å². The molecule has 0 aliphatic rings. The molecule has 3 amide bonds. The highest BCUT2D eigenvalue weighted by molar-refractivity contribution is 7.98. The first-order chi connectivity index (χ1) is 16.1. The third-order valence-corrected chi connectivity index (χ3v) is 4.94. The van der Waals surface area contributed by atoms with E-state index in [0.29, 0.717) is 12.2 Å². The minimum Gasteiger partial charge on any atom is -0.445 e. The first kappa shape index (κ1) is 29.1. The lowest BCUT2D eigenvalue weighted by atomic mass is 10.1. The number of alkyl carbamates (subject to hydrolysis) is 2. The summed E-state index contributed by atoms with van der Waals surface area (Å²) in [7, 11) is 0. The fourth-order valence-electron chi connectivity index (χ4n) is 2.70. The van der Waals surface area contributed by atoms with Gasteiger partial charge in [-0.05, 0) is 51.7 Å². The lowest BCUT2D eigenvalue weighted by Gasteiger charge is -2.26. The highest BCUT2D eigenvalue weighted by atomic mass is 32.2. The average molecular weight is 494 g/mol. The number of hydrogen-bond acceptors (Lipinski definition) is 7. The van der Waals surface area contributed by atoms with Crippen molar-refractivity contribution in [3.8, 4) is 11.8 Å². The Morgan fingerprint density at radius 1 is 1.12 bits per heavy atom. The molecule has 4 N–H and O–H groups in total. The molecule has 2 unspecified atom stereocenters. The molecule has 9 nitrogen and oxygen atoms in total. The summed E-state index contributed by atoms with van der Waals surface area (Å²) < 4.78 is 10.4. The van der Waals surface area contributed by atoms with Gasteiger partial charge in [-0.3, -0.25) is 4.79 Å². The number of aliphatic hydroxyl groups excluding tert-OH is 1. The largest absolute Gasteiger partial charge is 0.445 e. The van der Waals surface area contributed by atoms with Crippen molar-refractivity contribution in [2.45, 2.75) is 64.5 Å². The van der Waals surface area contributed by atoms with E-state index in [9.17, 15) is 19.5 Å². The number of nitrogens with one attached hydrogen (secondary N) is 3. The van der Waals surface area contributed by atoms with Gasteiger partial charge in [-0.1, -0.05) is 36.3 Å². The van der Waals surface area contributed by atoms with Crippen molar-refractivity contribution in [1.29, 1.82) is 0 Å². The molecule has 0 bridgehead atoms. The summed E-state index contributed by atoms with van der Waals surface area (Å²) >= 11 is 1.52. The summed E-state index contributed by atoms with van der Waals surface area (Å²) in [5, 5.41) is 18.1. The van der Waals surface area contributed by atoms with Gasteiger partial charge < -0.3 is 30.5 Å². The lowest BCUT2D eigenvalue weighted by molar-refractivity contribution is -0.124. The Morgan fingerprint density at radius 3 is 2.38 bits per heavy atom. The molecule has 3 atom stereocenters. The van der Waals surface area contributed by atoms with Gasteiger partial charge in [-0.25, -0.2) is 9.59 Å². The van der Waals surface area contributed by atoms with Gasteiger partial charge in [-0.15, -0.1) is 5.92 Å². The number of hydrogen-bond donors (Lipinski definition) is 4. The standard InChI is InChI=1S/C24H35N3O6S/c1-6-10-20(28)19(15-25-22(30)32-16-17-11-8-7-9-12-17)26-21(29)18(13-14-34-5)27-23(31)33-24(2,3)4/h7-9,11-12,18-20,28H,13-16H2,1-5H3,(H,25,30)(H,26,29)(H,27,31)/t18-,19?,20?/m0/s1. The van der Waals surface area contributed by atoms with E-state index in [2.05, 4.69) is 27.8 Å². The summed E-state index contributed by atoms with van der Waals surface area (Å²) in [5.74, 6) is 5.24. The number of carbonyl (C=O) groups is 3. The van der Waals surface area contributed by atoms with E-state index in [1.807, 2.05) is 36.6 Å². The van der Waals surface area contributed by atoms with Crippen LogP contribution in [0.1, 0.15) is 39.7 Å². The van der Waals surface area contributed by atoms with Crippen LogP contribution in [0.2, 0.25) is 0 Å². The van der Waals surface area contributed by atoms with E-state index in [-0.39, 0.29) is 13.2 Å². The number of carbonyl (C=O) groups excluding carboxylic acids is 3. The normalized spacial score (nSPS) is 13.4. The van der Waals surface area contributed by atoms with Crippen LogP contribution in [0, 0.1) is 11.8 Å². The Morgan fingerprint density at radius 2 is 1.79 bits per heavy atom. The van der Waals surface area contributed by atoms with Crippen molar-refractivity contribution in [3.63, 3.8) is 0 Å². The summed E-state index contributed by atoms with van der Waals surface area (Å²) in [6.07, 6.45) is -0.434. The van der Waals surface area contributed by atoms with Gasteiger partial charge in [-0.2, -0.15) is 11.8 Å². The van der Waals surface area contributed by atoms with E-state index >= 15 is 0 Å². The molecular formula is C24H35N3O6S. The number of ether oxygens (including phenoxy) is 2. The monoisotopic (exact) mass is 493 g/mol. The van der Waals surface area contributed by atoms with Crippen LogP contribution in [0.5, 0.6) is 0 Å². The molecule has 1 aromatic carbocycles. The van der Waals surface area contributed by atoms with Gasteiger partial charge >= 0.3 is 12.2 Å². The fraction of sp³-hybridized carbons (Fsp3) is 0.542. The highest BCUT2D eigenvalue weighted by Crippen LogP contribution is 2.09. The summed E-state index contributed by atoms with van der Waals surface area (Å²) in [4.78, 5) is 37.2. The van der Waals surface area contributed by atoms with E-state index in [4.69, 9.17) is 9.47 Å². The smallest absolute Gasteiger partial charge is 0.408 e. The second-order valence-corrected chi connectivity index (χ2v) is 9.36. The molecule has 1 rings (SSSR count). The molecule has 0 spiro atoms. The van der Waals surface area contributed by atoms with E-state index < -0.39 is 41.9 Å². The molecule has 0 aliphatic carbocycles. The number of amides is 3. The topological polar surface area (TPSA) is 126 Å². The Balaban J connectivity index is 2.77. The molecule has 10 heteroatoms. The fourth-order valence-corrected chi connectivity index (χ4v) is 3.17. The summed E-state index contributed by atoms with van der Waals surface area (Å²) in [6.45, 7) is 6.68. The lowest BCUT2D eigenvalue weighted by Crippen LogP contribution is -2.56. The van der Waals surface area contributed by atoms with Crippen molar-refractivity contribution in [3.05, 3.63) is 35.9 Å². The predicted molar refractivity (Wildman–Crippen MR) is 132 cm³/mol. The third-order valence-electron chi connectivity index (χ3n) is 4.30. The van der Waals surface area contributed by atoms with Crippen molar-refractivity contribution in [1.82, 2.24) is 16.0 Å². The van der Waals surface area contributed by atoms with E-state index in [1.165, 1.54) is 11.8 Å². The molecule has 0 radical (unpaired) electrons. The Hall–Kier alpha value is -2.90. The summed E-state index contributed by atoms with van der Waals surface area (Å²) in [5.41, 5.74) is 0.105. The van der Waals surface area contributed by atoms with Crippen LogP contribution < -0.4 is 16.0 Å². The van der Waals surface area contributed by atoms with Gasteiger partial charge in [0.05, 0.1) is 6.04 Å². The maximum Gasteiger partial charge on any atom is 0.408 e. The van der Waals surface area contributed by atoms with Crippen molar-refractivity contribution in [2.75, 3.05) is 18.6 Å². The molecular weight excluding hydrogens is 458 g/mol. The Bertz CT molecular complexity index is 848. The predicted octanol–water partition coefficient (Wildman–Crippen LogP) is 2.43. The third kappa shape index (κ3) is 12.4. The zero-order valence-corrected chi connectivity index (χ0v) is 21.2. The molecule has 0 fully saturated rings. The highest BCUT2D eigenvalue weighted by Gasteiger charge is 2.28. The molecule has 188 valence electrons. The number of thioether (sulfide) groups is 1. The maximum absolute atomic E-state index is 12.9. The van der Waals surface area contributed by atoms with Crippen molar-refractivity contribution >= 4 is 29.9 Å².